The smallest absolute Gasteiger partial charge is 0.236 e. The van der Waals surface area contributed by atoms with Gasteiger partial charge in [-0.3, -0.25) is 9.78 Å². The molecule has 0 atom stereocenters. The van der Waals surface area contributed by atoms with Crippen LogP contribution < -0.4 is 5.32 Å². The first-order chi connectivity index (χ1) is 12.8. The van der Waals surface area contributed by atoms with Gasteiger partial charge in [0.25, 0.3) is 0 Å². The van der Waals surface area contributed by atoms with Crippen molar-refractivity contribution in [2.24, 2.45) is 0 Å². The molecule has 1 saturated heterocycles. The van der Waals surface area contributed by atoms with Crippen LogP contribution in [0.15, 0.2) is 60.1 Å². The second kappa shape index (κ2) is 7.35. The number of carbonyl (C=O) groups is 1. The molecule has 132 valence electrons. The fourth-order valence-corrected chi connectivity index (χ4v) is 4.00. The first-order valence-corrected chi connectivity index (χ1v) is 9.48. The van der Waals surface area contributed by atoms with E-state index in [4.69, 9.17) is 4.74 Å². The summed E-state index contributed by atoms with van der Waals surface area (Å²) in [5.74, 6) is -0.0195. The third kappa shape index (κ3) is 3.25. The van der Waals surface area contributed by atoms with E-state index in [1.807, 2.05) is 53.9 Å². The van der Waals surface area contributed by atoms with Crippen LogP contribution in [0.2, 0.25) is 0 Å². The zero-order valence-electron chi connectivity index (χ0n) is 14.2. The Morgan fingerprint density at radius 2 is 1.81 bits per heavy atom. The van der Waals surface area contributed by atoms with E-state index in [1.54, 1.807) is 6.20 Å². The van der Waals surface area contributed by atoms with Crippen LogP contribution in [0.1, 0.15) is 18.4 Å². The number of nitrogens with one attached hydrogen (secondary N) is 1. The number of hydrogen-bond acceptors (Lipinski definition) is 5. The van der Waals surface area contributed by atoms with Gasteiger partial charge in [-0.15, -0.1) is 11.3 Å². The highest BCUT2D eigenvalue weighted by Gasteiger charge is 2.41. The fraction of sp³-hybridized carbons (Fsp3) is 0.250. The van der Waals surface area contributed by atoms with Crippen molar-refractivity contribution in [3.8, 4) is 11.4 Å². The van der Waals surface area contributed by atoms with Crippen molar-refractivity contribution in [3.63, 3.8) is 0 Å². The highest BCUT2D eigenvalue weighted by atomic mass is 32.1. The molecule has 5 nitrogen and oxygen atoms in total. The zero-order chi connectivity index (χ0) is 17.8. The summed E-state index contributed by atoms with van der Waals surface area (Å²) in [5.41, 5.74) is 2.03. The molecule has 1 aliphatic rings. The lowest BCUT2D eigenvalue weighted by Crippen LogP contribution is -2.44. The van der Waals surface area contributed by atoms with E-state index in [-0.39, 0.29) is 5.91 Å². The molecule has 1 aliphatic heterocycles. The standard InChI is InChI=1S/C20H19N3O2S/c24-18(20(9-12-25-13-10-20)15-6-2-1-3-7-15)23-19-22-17(14-26-19)16-8-4-5-11-21-16/h1-8,11,14H,9-10,12-13H2,(H,22,23,24). The molecule has 1 aromatic carbocycles. The largest absolute Gasteiger partial charge is 0.381 e. The molecule has 26 heavy (non-hydrogen) atoms. The first kappa shape index (κ1) is 16.9. The van der Waals surface area contributed by atoms with E-state index in [1.165, 1.54) is 11.3 Å². The van der Waals surface area contributed by atoms with Crippen LogP contribution in [0.5, 0.6) is 0 Å². The van der Waals surface area contributed by atoms with Crippen molar-refractivity contribution in [2.45, 2.75) is 18.3 Å². The van der Waals surface area contributed by atoms with Crippen LogP contribution in [-0.2, 0) is 14.9 Å². The van der Waals surface area contributed by atoms with Crippen molar-refractivity contribution in [2.75, 3.05) is 18.5 Å². The molecule has 0 saturated carbocycles. The number of anilines is 1. The van der Waals surface area contributed by atoms with E-state index < -0.39 is 5.41 Å². The molecule has 0 unspecified atom stereocenters. The zero-order valence-corrected chi connectivity index (χ0v) is 15.0. The van der Waals surface area contributed by atoms with Gasteiger partial charge in [0.05, 0.1) is 11.1 Å². The van der Waals surface area contributed by atoms with Crippen molar-refractivity contribution in [1.82, 2.24) is 9.97 Å². The van der Waals surface area contributed by atoms with Crippen LogP contribution in [0, 0.1) is 0 Å². The highest BCUT2D eigenvalue weighted by molar-refractivity contribution is 7.14. The number of thiazole rings is 1. The molecular formula is C20H19N3O2S. The molecule has 0 radical (unpaired) electrons. The fourth-order valence-electron chi connectivity index (χ4n) is 3.30. The molecule has 0 aliphatic carbocycles. The minimum absolute atomic E-state index is 0.0195. The van der Waals surface area contributed by atoms with E-state index in [0.717, 1.165) is 17.0 Å². The number of benzene rings is 1. The summed E-state index contributed by atoms with van der Waals surface area (Å²) in [5, 5.41) is 5.53. The monoisotopic (exact) mass is 365 g/mol. The molecule has 2 aromatic heterocycles. The quantitative estimate of drug-likeness (QED) is 0.762. The molecular weight excluding hydrogens is 346 g/mol. The number of hydrogen-bond donors (Lipinski definition) is 1. The molecule has 3 heterocycles. The van der Waals surface area contributed by atoms with Crippen LogP contribution in [0.3, 0.4) is 0 Å². The average Bonchev–Trinajstić information content (AvgIpc) is 3.18. The van der Waals surface area contributed by atoms with Gasteiger partial charge < -0.3 is 10.1 Å². The topological polar surface area (TPSA) is 64.1 Å². The Labute approximate surface area is 156 Å². The Morgan fingerprint density at radius 1 is 1.04 bits per heavy atom. The summed E-state index contributed by atoms with van der Waals surface area (Å²) in [4.78, 5) is 22.1. The predicted octanol–water partition coefficient (Wildman–Crippen LogP) is 3.89. The Hall–Kier alpha value is -2.57. The summed E-state index contributed by atoms with van der Waals surface area (Å²) in [6.07, 6.45) is 3.07. The van der Waals surface area contributed by atoms with Gasteiger partial charge in [-0.1, -0.05) is 36.4 Å². The maximum atomic E-state index is 13.2. The lowest BCUT2D eigenvalue weighted by molar-refractivity contribution is -0.125. The van der Waals surface area contributed by atoms with Gasteiger partial charge in [-0.2, -0.15) is 0 Å². The summed E-state index contributed by atoms with van der Waals surface area (Å²) in [7, 11) is 0. The number of ether oxygens (including phenoxy) is 1. The van der Waals surface area contributed by atoms with Gasteiger partial charge in [0.15, 0.2) is 5.13 Å². The highest BCUT2D eigenvalue weighted by Crippen LogP contribution is 2.36. The van der Waals surface area contributed by atoms with E-state index in [0.29, 0.717) is 31.2 Å². The van der Waals surface area contributed by atoms with Crippen LogP contribution >= 0.6 is 11.3 Å². The van der Waals surface area contributed by atoms with E-state index in [9.17, 15) is 4.79 Å². The Balaban J connectivity index is 1.59. The van der Waals surface area contributed by atoms with E-state index >= 15 is 0 Å². The van der Waals surface area contributed by atoms with Crippen LogP contribution in [0.25, 0.3) is 11.4 Å². The molecule has 1 amide bonds. The molecule has 3 aromatic rings. The summed E-state index contributed by atoms with van der Waals surface area (Å²) >= 11 is 1.42. The van der Waals surface area contributed by atoms with E-state index in [2.05, 4.69) is 15.3 Å². The van der Waals surface area contributed by atoms with Gasteiger partial charge in [-0.25, -0.2) is 4.98 Å². The first-order valence-electron chi connectivity index (χ1n) is 8.60. The van der Waals surface area contributed by atoms with Crippen LogP contribution in [-0.4, -0.2) is 29.1 Å². The number of amides is 1. The Kier molecular flexibility index (Phi) is 4.77. The normalized spacial score (nSPS) is 16.2. The number of carbonyl (C=O) groups excluding carboxylic acids is 1. The third-order valence-electron chi connectivity index (χ3n) is 4.76. The van der Waals surface area contributed by atoms with Crippen LogP contribution in [0.4, 0.5) is 5.13 Å². The minimum atomic E-state index is -0.573. The van der Waals surface area contributed by atoms with Crippen molar-refractivity contribution in [1.29, 1.82) is 0 Å². The molecule has 0 spiro atoms. The van der Waals surface area contributed by atoms with Crippen molar-refractivity contribution in [3.05, 3.63) is 65.7 Å². The summed E-state index contributed by atoms with van der Waals surface area (Å²) < 4.78 is 5.51. The van der Waals surface area contributed by atoms with Crippen molar-refractivity contribution >= 4 is 22.4 Å². The average molecular weight is 365 g/mol. The number of rotatable bonds is 4. The molecule has 4 rings (SSSR count). The summed E-state index contributed by atoms with van der Waals surface area (Å²) in [6, 6.07) is 15.7. The molecule has 6 heteroatoms. The molecule has 1 N–H and O–H groups in total. The van der Waals surface area contributed by atoms with Gasteiger partial charge in [-0.05, 0) is 30.5 Å². The van der Waals surface area contributed by atoms with Gasteiger partial charge in [0.2, 0.25) is 5.91 Å². The number of nitrogens with zero attached hydrogens (tertiary/aromatic N) is 2. The number of pyridine rings is 1. The van der Waals surface area contributed by atoms with Crippen molar-refractivity contribution < 1.29 is 9.53 Å². The maximum Gasteiger partial charge on any atom is 0.236 e. The predicted molar refractivity (Wildman–Crippen MR) is 102 cm³/mol. The van der Waals surface area contributed by atoms with Gasteiger partial charge in [0, 0.05) is 24.8 Å². The minimum Gasteiger partial charge on any atom is -0.381 e. The maximum absolute atomic E-state index is 13.2. The lowest BCUT2D eigenvalue weighted by Gasteiger charge is -2.35. The molecule has 1 fully saturated rings. The van der Waals surface area contributed by atoms with Gasteiger partial charge >= 0.3 is 0 Å². The lowest BCUT2D eigenvalue weighted by atomic mass is 9.73. The van der Waals surface area contributed by atoms with Gasteiger partial charge in [0.1, 0.15) is 5.69 Å². The SMILES string of the molecule is O=C(Nc1nc(-c2ccccn2)cs1)C1(c2ccccc2)CCOCC1. The Morgan fingerprint density at radius 3 is 2.54 bits per heavy atom. The second-order valence-electron chi connectivity index (χ2n) is 6.27. The number of aromatic nitrogens is 2. The summed E-state index contributed by atoms with van der Waals surface area (Å²) in [6.45, 7) is 1.17. The second-order valence-corrected chi connectivity index (χ2v) is 7.13. The molecule has 0 bridgehead atoms. The Bertz CT molecular complexity index is 874. The third-order valence-corrected chi connectivity index (χ3v) is 5.52.